The molecular weight excluding hydrogens is 148 g/mol. The zero-order valence-corrected chi connectivity index (χ0v) is 7.30. The van der Waals surface area contributed by atoms with E-state index in [0.29, 0.717) is 12.2 Å². The van der Waals surface area contributed by atoms with E-state index < -0.39 is 0 Å². The SMILES string of the molecule is CCC1CC(C)OC(S)O1. The highest BCUT2D eigenvalue weighted by Crippen LogP contribution is 2.21. The van der Waals surface area contributed by atoms with E-state index in [-0.39, 0.29) is 5.62 Å². The van der Waals surface area contributed by atoms with Gasteiger partial charge in [0.05, 0.1) is 12.2 Å². The Morgan fingerprint density at radius 1 is 1.50 bits per heavy atom. The van der Waals surface area contributed by atoms with Crippen LogP contribution in [0.4, 0.5) is 0 Å². The number of ether oxygens (including phenoxy) is 2. The summed E-state index contributed by atoms with van der Waals surface area (Å²) < 4.78 is 10.6. The second-order valence-corrected chi connectivity index (χ2v) is 3.08. The summed E-state index contributed by atoms with van der Waals surface area (Å²) in [4.78, 5) is 0. The van der Waals surface area contributed by atoms with Gasteiger partial charge in [0.15, 0.2) is 0 Å². The molecule has 10 heavy (non-hydrogen) atoms. The first-order valence-electron chi connectivity index (χ1n) is 3.71. The van der Waals surface area contributed by atoms with Crippen LogP contribution in [0.5, 0.6) is 0 Å². The van der Waals surface area contributed by atoms with Gasteiger partial charge in [0.1, 0.15) is 0 Å². The van der Waals surface area contributed by atoms with Gasteiger partial charge in [-0.1, -0.05) is 6.92 Å². The molecule has 0 amide bonds. The summed E-state index contributed by atoms with van der Waals surface area (Å²) in [5.41, 5.74) is -0.311. The van der Waals surface area contributed by atoms with Crippen molar-refractivity contribution in [2.75, 3.05) is 0 Å². The largest absolute Gasteiger partial charge is 0.341 e. The molecule has 0 aromatic rings. The second-order valence-electron chi connectivity index (χ2n) is 2.66. The van der Waals surface area contributed by atoms with Crippen molar-refractivity contribution in [3.63, 3.8) is 0 Å². The summed E-state index contributed by atoms with van der Waals surface area (Å²) in [5, 5.41) is 0. The van der Waals surface area contributed by atoms with E-state index in [0.717, 1.165) is 12.8 Å². The number of hydrogen-bond donors (Lipinski definition) is 1. The van der Waals surface area contributed by atoms with Gasteiger partial charge in [-0.3, -0.25) is 0 Å². The highest BCUT2D eigenvalue weighted by atomic mass is 32.1. The molecule has 0 aliphatic carbocycles. The molecule has 3 atom stereocenters. The molecule has 0 N–H and O–H groups in total. The van der Waals surface area contributed by atoms with Crippen LogP contribution in [-0.4, -0.2) is 17.8 Å². The van der Waals surface area contributed by atoms with Crippen LogP contribution in [0.3, 0.4) is 0 Å². The molecule has 1 heterocycles. The average molecular weight is 162 g/mol. The lowest BCUT2D eigenvalue weighted by atomic mass is 10.1. The van der Waals surface area contributed by atoms with Crippen LogP contribution in [0.1, 0.15) is 26.7 Å². The predicted molar refractivity (Wildman–Crippen MR) is 43.1 cm³/mol. The maximum Gasteiger partial charge on any atom is 0.204 e. The maximum absolute atomic E-state index is 5.35. The number of thiol groups is 1. The zero-order valence-electron chi connectivity index (χ0n) is 6.41. The number of hydrogen-bond acceptors (Lipinski definition) is 3. The molecule has 1 rings (SSSR count). The molecule has 0 bridgehead atoms. The molecule has 1 saturated heterocycles. The third-order valence-electron chi connectivity index (χ3n) is 1.71. The fraction of sp³-hybridized carbons (Fsp3) is 1.00. The summed E-state index contributed by atoms with van der Waals surface area (Å²) in [5.74, 6) is 0. The molecule has 1 fully saturated rings. The second kappa shape index (κ2) is 3.60. The molecule has 0 aromatic carbocycles. The molecule has 1 aliphatic heterocycles. The Morgan fingerprint density at radius 3 is 2.70 bits per heavy atom. The fourth-order valence-corrected chi connectivity index (χ4v) is 1.52. The van der Waals surface area contributed by atoms with E-state index in [1.54, 1.807) is 0 Å². The van der Waals surface area contributed by atoms with Crippen molar-refractivity contribution in [1.82, 2.24) is 0 Å². The Balaban J connectivity index is 2.35. The van der Waals surface area contributed by atoms with Gasteiger partial charge in [-0.25, -0.2) is 0 Å². The van der Waals surface area contributed by atoms with Crippen LogP contribution in [0, 0.1) is 0 Å². The molecule has 0 radical (unpaired) electrons. The first-order chi connectivity index (χ1) is 4.72. The summed E-state index contributed by atoms with van der Waals surface area (Å²) >= 11 is 4.09. The van der Waals surface area contributed by atoms with Gasteiger partial charge < -0.3 is 9.47 Å². The predicted octanol–water partition coefficient (Wildman–Crippen LogP) is 1.80. The van der Waals surface area contributed by atoms with Gasteiger partial charge in [0.25, 0.3) is 0 Å². The standard InChI is InChI=1S/C7H14O2S/c1-3-6-4-5(2)8-7(10)9-6/h5-7,10H,3-4H2,1-2H3. The third kappa shape index (κ3) is 2.15. The summed E-state index contributed by atoms with van der Waals surface area (Å²) in [6.45, 7) is 4.16. The molecule has 1 aliphatic rings. The summed E-state index contributed by atoms with van der Waals surface area (Å²) in [7, 11) is 0. The quantitative estimate of drug-likeness (QED) is 0.593. The summed E-state index contributed by atoms with van der Waals surface area (Å²) in [6.07, 6.45) is 2.67. The van der Waals surface area contributed by atoms with Gasteiger partial charge in [-0.15, -0.1) is 12.6 Å². The van der Waals surface area contributed by atoms with E-state index in [4.69, 9.17) is 9.47 Å². The monoisotopic (exact) mass is 162 g/mol. The Morgan fingerprint density at radius 2 is 2.20 bits per heavy atom. The van der Waals surface area contributed by atoms with Gasteiger partial charge >= 0.3 is 0 Å². The van der Waals surface area contributed by atoms with E-state index in [2.05, 4.69) is 26.5 Å². The molecule has 0 saturated carbocycles. The molecule has 2 nitrogen and oxygen atoms in total. The van der Waals surface area contributed by atoms with E-state index >= 15 is 0 Å². The Labute approximate surface area is 67.3 Å². The molecule has 3 heteroatoms. The van der Waals surface area contributed by atoms with Crippen LogP contribution in [0.2, 0.25) is 0 Å². The topological polar surface area (TPSA) is 18.5 Å². The van der Waals surface area contributed by atoms with Gasteiger partial charge in [0, 0.05) is 0 Å². The minimum atomic E-state index is -0.311. The van der Waals surface area contributed by atoms with Crippen LogP contribution in [0.15, 0.2) is 0 Å². The van der Waals surface area contributed by atoms with Crippen LogP contribution in [-0.2, 0) is 9.47 Å². The molecule has 0 aromatic heterocycles. The minimum Gasteiger partial charge on any atom is -0.341 e. The molecule has 0 spiro atoms. The molecule has 60 valence electrons. The Bertz CT molecular complexity index is 97.8. The van der Waals surface area contributed by atoms with Crippen molar-refractivity contribution < 1.29 is 9.47 Å². The van der Waals surface area contributed by atoms with Crippen LogP contribution < -0.4 is 0 Å². The van der Waals surface area contributed by atoms with Crippen molar-refractivity contribution >= 4 is 12.6 Å². The van der Waals surface area contributed by atoms with Gasteiger partial charge in [-0.05, 0) is 19.8 Å². The lowest BCUT2D eigenvalue weighted by molar-refractivity contribution is -0.191. The lowest BCUT2D eigenvalue weighted by Gasteiger charge is -2.31. The van der Waals surface area contributed by atoms with Crippen molar-refractivity contribution in [3.05, 3.63) is 0 Å². The van der Waals surface area contributed by atoms with Crippen molar-refractivity contribution in [1.29, 1.82) is 0 Å². The lowest BCUT2D eigenvalue weighted by Crippen LogP contribution is -2.33. The maximum atomic E-state index is 5.35. The zero-order chi connectivity index (χ0) is 7.56. The van der Waals surface area contributed by atoms with Gasteiger partial charge in [-0.2, -0.15) is 0 Å². The van der Waals surface area contributed by atoms with Crippen LogP contribution >= 0.6 is 12.6 Å². The van der Waals surface area contributed by atoms with Crippen LogP contribution in [0.25, 0.3) is 0 Å². The molecular formula is C7H14O2S. The molecule has 3 unspecified atom stereocenters. The first kappa shape index (κ1) is 8.37. The average Bonchev–Trinajstić information content (AvgIpc) is 1.85. The number of rotatable bonds is 1. The van der Waals surface area contributed by atoms with E-state index in [9.17, 15) is 0 Å². The Hall–Kier alpha value is 0.270. The Kier molecular flexibility index (Phi) is 3.01. The highest BCUT2D eigenvalue weighted by Gasteiger charge is 2.23. The highest BCUT2D eigenvalue weighted by molar-refractivity contribution is 7.80. The third-order valence-corrected chi connectivity index (χ3v) is 1.95. The fourth-order valence-electron chi connectivity index (χ4n) is 1.14. The smallest absolute Gasteiger partial charge is 0.204 e. The van der Waals surface area contributed by atoms with E-state index in [1.807, 2.05) is 0 Å². The van der Waals surface area contributed by atoms with E-state index in [1.165, 1.54) is 0 Å². The summed E-state index contributed by atoms with van der Waals surface area (Å²) in [6, 6.07) is 0. The van der Waals surface area contributed by atoms with Gasteiger partial charge in [0.2, 0.25) is 5.62 Å². The minimum absolute atomic E-state index is 0.293. The van der Waals surface area contributed by atoms with Crippen molar-refractivity contribution in [2.45, 2.75) is 44.5 Å². The van der Waals surface area contributed by atoms with Crippen molar-refractivity contribution in [3.8, 4) is 0 Å². The van der Waals surface area contributed by atoms with Crippen molar-refractivity contribution in [2.24, 2.45) is 0 Å². The normalized spacial score (nSPS) is 41.7. The first-order valence-corrected chi connectivity index (χ1v) is 4.23.